The second-order valence-corrected chi connectivity index (χ2v) is 0.387. The summed E-state index contributed by atoms with van der Waals surface area (Å²) in [5.41, 5.74) is 0.944. The summed E-state index contributed by atoms with van der Waals surface area (Å²) in [7, 11) is 0. The first-order valence-corrected chi connectivity index (χ1v) is 1.06. The summed E-state index contributed by atoms with van der Waals surface area (Å²) in [5.74, 6) is 0. The van der Waals surface area contributed by atoms with Crippen LogP contribution in [0.4, 0.5) is 0 Å². The average Bonchev–Trinajstić information content (AvgIpc) is 0.918. The molecule has 0 bridgehead atoms. The largest absolute Gasteiger partial charge is 0.302 e. The summed E-state index contributed by atoms with van der Waals surface area (Å²) in [6, 6.07) is 0. The molecule has 0 unspecified atom stereocenters. The molecule has 0 radical (unpaired) electrons. The van der Waals surface area contributed by atoms with Gasteiger partial charge in [-0.1, -0.05) is 0 Å². The van der Waals surface area contributed by atoms with E-state index >= 15 is 0 Å². The predicted octanol–water partition coefficient (Wildman–Crippen LogP) is 1.14. The van der Waals surface area contributed by atoms with Crippen molar-refractivity contribution in [3.63, 3.8) is 0 Å². The summed E-state index contributed by atoms with van der Waals surface area (Å²) in [6.07, 6.45) is 0. The van der Waals surface area contributed by atoms with Gasteiger partial charge in [0, 0.05) is 5.55 Å². The second kappa shape index (κ2) is 9.26. The highest BCUT2D eigenvalue weighted by Gasteiger charge is 1.16. The van der Waals surface area contributed by atoms with Crippen molar-refractivity contribution in [3.8, 4) is 0 Å². The molecule has 1 nitrogen and oxygen atoms in total. The van der Waals surface area contributed by atoms with Crippen molar-refractivity contribution in [2.45, 2.75) is 0 Å². The summed E-state index contributed by atoms with van der Waals surface area (Å²) >= 11 is 3.33. The molecule has 0 rings (SSSR count). The van der Waals surface area contributed by atoms with Crippen molar-refractivity contribution in [1.29, 1.82) is 5.41 Å². The molecule has 3 heteroatoms. The highest BCUT2D eigenvalue weighted by atomic mass is 127. The number of thiol groups is 1. The molecule has 0 aromatic carbocycles. The molecule has 0 saturated heterocycles. The molecule has 0 amide bonds. The minimum absolute atomic E-state index is 0. The van der Waals surface area contributed by atoms with E-state index in [1.54, 1.807) is 0 Å². The van der Waals surface area contributed by atoms with Crippen LogP contribution < -0.4 is 0 Å². The Hall–Kier alpha value is 0.750. The van der Waals surface area contributed by atoms with Gasteiger partial charge >= 0.3 is 0 Å². The van der Waals surface area contributed by atoms with Crippen LogP contribution in [0.5, 0.6) is 0 Å². The Balaban J connectivity index is 0. The van der Waals surface area contributed by atoms with Gasteiger partial charge in [0.1, 0.15) is 0 Å². The Morgan fingerprint density at radius 3 is 1.75 bits per heavy atom. The molecule has 0 aliphatic heterocycles. The summed E-state index contributed by atoms with van der Waals surface area (Å²) in [6.45, 7) is 0. The molecule has 0 aromatic heterocycles. The molecule has 26 valence electrons. The minimum Gasteiger partial charge on any atom is -0.302 e. The number of nitrogens with one attached hydrogen (secondary N) is 1. The first kappa shape index (κ1) is 8.83. The molecule has 0 spiro atoms. The maximum atomic E-state index is 5.95. The lowest BCUT2D eigenvalue weighted by Gasteiger charge is -1.30. The fraction of sp³-hybridized carbons (Fsp3) is 0. The van der Waals surface area contributed by atoms with Crippen LogP contribution in [0, 0.1) is 5.41 Å². The van der Waals surface area contributed by atoms with Crippen molar-refractivity contribution in [2.24, 2.45) is 0 Å². The van der Waals surface area contributed by atoms with Crippen molar-refractivity contribution in [3.05, 3.63) is 0 Å². The van der Waals surface area contributed by atoms with Crippen LogP contribution in [0.1, 0.15) is 0 Å². The third kappa shape index (κ3) is 15.0. The highest BCUT2D eigenvalue weighted by molar-refractivity contribution is 14.0. The first-order chi connectivity index (χ1) is 1.41. The predicted molar refractivity (Wildman–Crippen MR) is 33.2 cm³/mol. The molecule has 0 aliphatic carbocycles. The Morgan fingerprint density at radius 1 is 1.75 bits per heavy atom. The SMILES string of the molecule is I.N=CS. The van der Waals surface area contributed by atoms with Crippen molar-refractivity contribution < 1.29 is 0 Å². The zero-order chi connectivity index (χ0) is 2.71. The summed E-state index contributed by atoms with van der Waals surface area (Å²) < 4.78 is 0. The Morgan fingerprint density at radius 2 is 1.75 bits per heavy atom. The number of halogens is 1. The van der Waals surface area contributed by atoms with Gasteiger partial charge in [-0.15, -0.1) is 36.6 Å². The Labute approximate surface area is 47.7 Å². The van der Waals surface area contributed by atoms with Gasteiger partial charge in [0.2, 0.25) is 0 Å². The fourth-order valence-electron chi connectivity index (χ4n) is 0. The van der Waals surface area contributed by atoms with Crippen molar-refractivity contribution in [1.82, 2.24) is 0 Å². The van der Waals surface area contributed by atoms with Gasteiger partial charge in [0.25, 0.3) is 0 Å². The molecular formula is CH4INS. The lowest BCUT2D eigenvalue weighted by Crippen LogP contribution is -1.21. The van der Waals surface area contributed by atoms with E-state index in [1.807, 2.05) is 0 Å². The minimum atomic E-state index is 0. The standard InChI is InChI=1S/CH3NS.HI/c2-1-3;/h1H,(H2,2,3);1H. The molecule has 0 heterocycles. The lowest BCUT2D eigenvalue weighted by atomic mass is 11.7. The normalized spacial score (nSPS) is 3.25. The number of hydrogen-bond acceptors (Lipinski definition) is 1. The quantitative estimate of drug-likeness (QED) is 0.247. The van der Waals surface area contributed by atoms with E-state index in [4.69, 9.17) is 5.41 Å². The summed E-state index contributed by atoms with van der Waals surface area (Å²) in [4.78, 5) is 0. The molecule has 1 N–H and O–H groups in total. The molecule has 4 heavy (non-hydrogen) atoms. The van der Waals surface area contributed by atoms with Crippen LogP contribution in [0.2, 0.25) is 0 Å². The van der Waals surface area contributed by atoms with E-state index in [0.29, 0.717) is 0 Å². The third-order valence-electron chi connectivity index (χ3n) is 0. The third-order valence-corrected chi connectivity index (χ3v) is 0. The molecule has 0 fully saturated rings. The summed E-state index contributed by atoms with van der Waals surface area (Å²) in [5, 5.41) is 5.95. The zero-order valence-electron chi connectivity index (χ0n) is 1.93. The van der Waals surface area contributed by atoms with Crippen LogP contribution in [0.25, 0.3) is 0 Å². The highest BCUT2D eigenvalue weighted by Crippen LogP contribution is 1.41. The average molecular weight is 189 g/mol. The van der Waals surface area contributed by atoms with Crippen LogP contribution in [0.15, 0.2) is 0 Å². The van der Waals surface area contributed by atoms with Crippen LogP contribution in [0.3, 0.4) is 0 Å². The molecule has 0 atom stereocenters. The fourth-order valence-corrected chi connectivity index (χ4v) is 0. The topological polar surface area (TPSA) is 23.9 Å². The first-order valence-electron chi connectivity index (χ1n) is 0.547. The molecule has 0 aromatic rings. The monoisotopic (exact) mass is 189 g/mol. The van der Waals surface area contributed by atoms with Gasteiger partial charge in [0.15, 0.2) is 0 Å². The van der Waals surface area contributed by atoms with Crippen molar-refractivity contribution in [2.75, 3.05) is 0 Å². The van der Waals surface area contributed by atoms with Crippen LogP contribution in [-0.4, -0.2) is 5.55 Å². The van der Waals surface area contributed by atoms with Gasteiger partial charge in [-0.3, -0.25) is 0 Å². The maximum Gasteiger partial charge on any atom is 0.0475 e. The second-order valence-electron chi connectivity index (χ2n) is 0.129. The van der Waals surface area contributed by atoms with E-state index in [9.17, 15) is 0 Å². The molecule has 0 saturated carbocycles. The molecular weight excluding hydrogens is 185 g/mol. The maximum absolute atomic E-state index is 5.95. The number of rotatable bonds is 0. The van der Waals surface area contributed by atoms with E-state index in [1.165, 1.54) is 0 Å². The van der Waals surface area contributed by atoms with E-state index in [0.717, 1.165) is 5.55 Å². The van der Waals surface area contributed by atoms with E-state index in [-0.39, 0.29) is 24.0 Å². The Bertz CT molecular complexity index is 15.5. The Kier molecular flexibility index (Phi) is 20.4. The van der Waals surface area contributed by atoms with E-state index < -0.39 is 0 Å². The van der Waals surface area contributed by atoms with Gasteiger partial charge in [-0.05, 0) is 0 Å². The van der Waals surface area contributed by atoms with E-state index in [2.05, 4.69) is 12.6 Å². The van der Waals surface area contributed by atoms with Gasteiger partial charge in [-0.25, -0.2) is 0 Å². The zero-order valence-corrected chi connectivity index (χ0v) is 5.16. The van der Waals surface area contributed by atoms with Crippen LogP contribution in [-0.2, 0) is 0 Å². The van der Waals surface area contributed by atoms with Gasteiger partial charge in [-0.2, -0.15) is 0 Å². The van der Waals surface area contributed by atoms with Gasteiger partial charge < -0.3 is 5.41 Å². The number of hydrogen-bond donors (Lipinski definition) is 2. The lowest BCUT2D eigenvalue weighted by molar-refractivity contribution is 1.60. The molecule has 0 aliphatic rings. The van der Waals surface area contributed by atoms with Gasteiger partial charge in [0.05, 0.1) is 0 Å². The smallest absolute Gasteiger partial charge is 0.0475 e. The van der Waals surface area contributed by atoms with Crippen molar-refractivity contribution >= 4 is 42.2 Å². The van der Waals surface area contributed by atoms with Crippen LogP contribution >= 0.6 is 36.6 Å².